The van der Waals surface area contributed by atoms with Crippen LogP contribution < -0.4 is 11.3 Å². The summed E-state index contributed by atoms with van der Waals surface area (Å²) in [7, 11) is 0. The number of hydrogen-bond donors (Lipinski definition) is 3. The van der Waals surface area contributed by atoms with E-state index in [1.807, 2.05) is 12.1 Å². The first-order valence-electron chi connectivity index (χ1n) is 8.32. The van der Waals surface area contributed by atoms with E-state index in [2.05, 4.69) is 15.0 Å². The Morgan fingerprint density at radius 2 is 1.92 bits per heavy atom. The predicted molar refractivity (Wildman–Crippen MR) is 102 cm³/mol. The van der Waals surface area contributed by atoms with Gasteiger partial charge in [-0.3, -0.25) is 9.78 Å². The molecule has 6 nitrogen and oxygen atoms in total. The molecule has 0 aliphatic carbocycles. The number of aryl methyl sites for hydroxylation is 1. The third-order valence-corrected chi connectivity index (χ3v) is 4.09. The van der Waals surface area contributed by atoms with E-state index in [0.717, 1.165) is 43.4 Å². The number of halogens is 1. The van der Waals surface area contributed by atoms with Gasteiger partial charge in [0.25, 0.3) is 5.56 Å². The number of benzene rings is 1. The van der Waals surface area contributed by atoms with Crippen LogP contribution in [0.4, 0.5) is 11.6 Å². The second-order valence-corrected chi connectivity index (χ2v) is 6.27. The number of rotatable bonds is 8. The van der Waals surface area contributed by atoms with Crippen molar-refractivity contribution in [3.8, 4) is 0 Å². The molecule has 1 aromatic heterocycles. The van der Waals surface area contributed by atoms with Gasteiger partial charge in [-0.2, -0.15) is 0 Å². The first-order valence-corrected chi connectivity index (χ1v) is 8.70. The number of H-pyrrole nitrogens is 1. The Kier molecular flexibility index (Phi) is 7.16. The van der Waals surface area contributed by atoms with Gasteiger partial charge in [0, 0.05) is 17.3 Å². The minimum Gasteiger partial charge on any atom is -0.396 e. The first-order chi connectivity index (χ1) is 12.0. The van der Waals surface area contributed by atoms with Crippen LogP contribution in [0.15, 0.2) is 34.1 Å². The molecule has 0 spiro atoms. The maximum Gasteiger partial charge on any atom is 0.278 e. The second-order valence-electron chi connectivity index (χ2n) is 5.84. The zero-order chi connectivity index (χ0) is 18.2. The standard InChI is InChI=1S/C18H23ClN4O2/c1-12-16(17(25)23-18(20)21-12)22-15(6-4-2-3-5-11-24)13-7-9-14(19)10-8-13/h7-10,24H,2-6,11H2,1H3,(H3,20,21,23,25)/b22-15+. The van der Waals surface area contributed by atoms with Crippen molar-refractivity contribution in [2.45, 2.75) is 39.0 Å². The number of nitrogens with one attached hydrogen (secondary N) is 1. The maximum absolute atomic E-state index is 12.2. The molecule has 4 N–H and O–H groups in total. The van der Waals surface area contributed by atoms with Crippen LogP contribution in [-0.2, 0) is 0 Å². The Morgan fingerprint density at radius 3 is 2.56 bits per heavy atom. The molecule has 0 fully saturated rings. The topological polar surface area (TPSA) is 104 Å². The van der Waals surface area contributed by atoms with Crippen LogP contribution in [0.3, 0.4) is 0 Å². The zero-order valence-electron chi connectivity index (χ0n) is 14.3. The molecule has 1 aromatic carbocycles. The maximum atomic E-state index is 12.2. The molecule has 0 bridgehead atoms. The van der Waals surface area contributed by atoms with E-state index in [-0.39, 0.29) is 23.8 Å². The number of aliphatic hydroxyl groups excluding tert-OH is 1. The largest absolute Gasteiger partial charge is 0.396 e. The van der Waals surface area contributed by atoms with E-state index in [9.17, 15) is 4.79 Å². The summed E-state index contributed by atoms with van der Waals surface area (Å²) in [5.41, 5.74) is 7.70. The summed E-state index contributed by atoms with van der Waals surface area (Å²) in [5.74, 6) is 0.0819. The van der Waals surface area contributed by atoms with Crippen LogP contribution in [0.5, 0.6) is 0 Å². The van der Waals surface area contributed by atoms with Gasteiger partial charge in [0.15, 0.2) is 0 Å². The fourth-order valence-corrected chi connectivity index (χ4v) is 2.66. The fourth-order valence-electron chi connectivity index (χ4n) is 2.53. The van der Waals surface area contributed by atoms with E-state index in [0.29, 0.717) is 10.7 Å². The SMILES string of the molecule is Cc1nc(N)[nH]c(=O)c1/N=C(\CCCCCCO)c1ccc(Cl)cc1. The molecule has 134 valence electrons. The van der Waals surface area contributed by atoms with Crippen molar-refractivity contribution in [3.63, 3.8) is 0 Å². The molecule has 0 amide bonds. The number of aliphatic imine (C=N–C) groups is 1. The van der Waals surface area contributed by atoms with Gasteiger partial charge in [0.1, 0.15) is 5.69 Å². The highest BCUT2D eigenvalue weighted by Crippen LogP contribution is 2.18. The molecular weight excluding hydrogens is 340 g/mol. The molecule has 0 radical (unpaired) electrons. The summed E-state index contributed by atoms with van der Waals surface area (Å²) in [6, 6.07) is 7.39. The van der Waals surface area contributed by atoms with E-state index in [1.165, 1.54) is 0 Å². The number of nitrogen functional groups attached to an aromatic ring is 1. The van der Waals surface area contributed by atoms with Gasteiger partial charge in [-0.1, -0.05) is 36.6 Å². The highest BCUT2D eigenvalue weighted by Gasteiger charge is 2.10. The van der Waals surface area contributed by atoms with Gasteiger partial charge in [0.2, 0.25) is 5.95 Å². The summed E-state index contributed by atoms with van der Waals surface area (Å²) in [5, 5.41) is 9.51. The van der Waals surface area contributed by atoms with Gasteiger partial charge in [-0.15, -0.1) is 0 Å². The minimum atomic E-state index is -0.350. The quantitative estimate of drug-likeness (QED) is 0.494. The van der Waals surface area contributed by atoms with Gasteiger partial charge >= 0.3 is 0 Å². The van der Waals surface area contributed by atoms with Crippen LogP contribution in [-0.4, -0.2) is 27.4 Å². The Hall–Kier alpha value is -2.18. The molecule has 0 atom stereocenters. The van der Waals surface area contributed by atoms with Crippen molar-refractivity contribution < 1.29 is 5.11 Å². The molecule has 0 saturated carbocycles. The van der Waals surface area contributed by atoms with Crippen LogP contribution in [0.1, 0.15) is 43.4 Å². The number of aliphatic hydroxyl groups is 1. The Bertz CT molecular complexity index is 785. The van der Waals surface area contributed by atoms with Gasteiger partial charge in [-0.05, 0) is 43.9 Å². The molecule has 7 heteroatoms. The summed E-state index contributed by atoms with van der Waals surface area (Å²) in [6.45, 7) is 1.93. The van der Waals surface area contributed by atoms with Crippen LogP contribution in [0.25, 0.3) is 0 Å². The van der Waals surface area contributed by atoms with E-state index in [1.54, 1.807) is 19.1 Å². The van der Waals surface area contributed by atoms with Crippen LogP contribution >= 0.6 is 11.6 Å². The molecule has 0 saturated heterocycles. The van der Waals surface area contributed by atoms with Crippen molar-refractivity contribution in [1.82, 2.24) is 9.97 Å². The average Bonchev–Trinajstić information content (AvgIpc) is 2.57. The molecule has 0 aliphatic rings. The number of hydrogen-bond acceptors (Lipinski definition) is 5. The summed E-state index contributed by atoms with van der Waals surface area (Å²) < 4.78 is 0. The number of nitrogens with zero attached hydrogens (tertiary/aromatic N) is 2. The highest BCUT2D eigenvalue weighted by atomic mass is 35.5. The molecule has 1 heterocycles. The van der Waals surface area contributed by atoms with Crippen molar-refractivity contribution >= 4 is 28.9 Å². The number of unbranched alkanes of at least 4 members (excludes halogenated alkanes) is 3. The van der Waals surface area contributed by atoms with Crippen molar-refractivity contribution in [3.05, 3.63) is 50.9 Å². The van der Waals surface area contributed by atoms with Crippen LogP contribution in [0.2, 0.25) is 5.02 Å². The number of aromatic amines is 1. The third-order valence-electron chi connectivity index (χ3n) is 3.83. The van der Waals surface area contributed by atoms with E-state index >= 15 is 0 Å². The zero-order valence-corrected chi connectivity index (χ0v) is 15.0. The van der Waals surface area contributed by atoms with Gasteiger partial charge < -0.3 is 10.8 Å². The normalized spacial score (nSPS) is 11.7. The van der Waals surface area contributed by atoms with Crippen LogP contribution in [0, 0.1) is 6.92 Å². The Morgan fingerprint density at radius 1 is 1.24 bits per heavy atom. The number of aromatic nitrogens is 2. The molecule has 2 aromatic rings. The van der Waals surface area contributed by atoms with Gasteiger partial charge in [-0.25, -0.2) is 9.98 Å². The lowest BCUT2D eigenvalue weighted by atomic mass is 10.0. The number of nitrogens with two attached hydrogens (primary N) is 1. The van der Waals surface area contributed by atoms with Crippen molar-refractivity contribution in [2.75, 3.05) is 12.3 Å². The lowest BCUT2D eigenvalue weighted by molar-refractivity contribution is 0.283. The number of anilines is 1. The molecular formula is C18H23ClN4O2. The monoisotopic (exact) mass is 362 g/mol. The summed E-state index contributed by atoms with van der Waals surface area (Å²) in [6.07, 6.45) is 4.39. The predicted octanol–water partition coefficient (Wildman–Crippen LogP) is 3.38. The molecule has 2 rings (SSSR count). The fraction of sp³-hybridized carbons (Fsp3) is 0.389. The summed E-state index contributed by atoms with van der Waals surface area (Å²) >= 11 is 5.96. The van der Waals surface area contributed by atoms with Crippen molar-refractivity contribution in [1.29, 1.82) is 0 Å². The Balaban J connectivity index is 2.30. The van der Waals surface area contributed by atoms with Crippen molar-refractivity contribution in [2.24, 2.45) is 4.99 Å². The summed E-state index contributed by atoms with van der Waals surface area (Å²) in [4.78, 5) is 23.3. The van der Waals surface area contributed by atoms with E-state index in [4.69, 9.17) is 22.4 Å². The molecule has 0 aliphatic heterocycles. The lowest BCUT2D eigenvalue weighted by Crippen LogP contribution is -2.13. The van der Waals surface area contributed by atoms with Gasteiger partial charge in [0.05, 0.1) is 5.69 Å². The second kappa shape index (κ2) is 9.34. The Labute approximate surface area is 151 Å². The lowest BCUT2D eigenvalue weighted by Gasteiger charge is -2.09. The highest BCUT2D eigenvalue weighted by molar-refractivity contribution is 6.30. The van der Waals surface area contributed by atoms with E-state index < -0.39 is 0 Å². The molecule has 0 unspecified atom stereocenters. The first kappa shape index (κ1) is 19.1. The average molecular weight is 363 g/mol. The smallest absolute Gasteiger partial charge is 0.278 e. The molecule has 25 heavy (non-hydrogen) atoms. The minimum absolute atomic E-state index is 0.0819. The third kappa shape index (κ3) is 5.69.